The van der Waals surface area contributed by atoms with E-state index in [2.05, 4.69) is 211 Å². The Kier molecular flexibility index (Phi) is 9.16. The van der Waals surface area contributed by atoms with Crippen LogP contribution < -0.4 is 4.90 Å². The predicted molar refractivity (Wildman–Crippen MR) is 268 cm³/mol. The molecule has 0 aliphatic rings. The van der Waals surface area contributed by atoms with Crippen LogP contribution in [0.5, 0.6) is 0 Å². The SMILES string of the molecule is c1ccc(-c2cccc(N(c3ccc(-c4ccc(-c5cccc6ccc7nc(-c8ccccc8)oc7c56)cc4)cc3)c3ccc(-c4cc5ccccc5c5ccccc45)cc3)c2)cc1. The van der Waals surface area contributed by atoms with E-state index in [9.17, 15) is 0 Å². The van der Waals surface area contributed by atoms with Crippen LogP contribution in [0.2, 0.25) is 0 Å². The molecule has 0 aliphatic heterocycles. The van der Waals surface area contributed by atoms with Crippen LogP contribution in [0, 0.1) is 0 Å². The van der Waals surface area contributed by atoms with Crippen molar-refractivity contribution in [2.75, 3.05) is 4.90 Å². The minimum absolute atomic E-state index is 0.630. The van der Waals surface area contributed by atoms with Gasteiger partial charge in [0.1, 0.15) is 5.52 Å². The largest absolute Gasteiger partial charge is 0.435 e. The van der Waals surface area contributed by atoms with Gasteiger partial charge in [0, 0.05) is 28.0 Å². The van der Waals surface area contributed by atoms with Crippen LogP contribution in [-0.4, -0.2) is 4.98 Å². The fourth-order valence-electron chi connectivity index (χ4n) is 9.33. The number of benzene rings is 11. The van der Waals surface area contributed by atoms with E-state index in [1.807, 2.05) is 36.4 Å². The smallest absolute Gasteiger partial charge is 0.227 e. The third-order valence-corrected chi connectivity index (χ3v) is 12.5. The molecule has 0 fully saturated rings. The molecule has 1 heterocycles. The fourth-order valence-corrected chi connectivity index (χ4v) is 9.33. The second-order valence-electron chi connectivity index (χ2n) is 16.3. The monoisotopic (exact) mass is 816 g/mol. The molecule has 12 aromatic rings. The second kappa shape index (κ2) is 15.7. The van der Waals surface area contributed by atoms with E-state index in [0.717, 1.165) is 66.8 Å². The second-order valence-corrected chi connectivity index (χ2v) is 16.3. The maximum Gasteiger partial charge on any atom is 0.227 e. The highest BCUT2D eigenvalue weighted by atomic mass is 16.3. The molecule has 0 saturated carbocycles. The molecule has 0 bridgehead atoms. The van der Waals surface area contributed by atoms with Crippen molar-refractivity contribution in [1.82, 2.24) is 4.98 Å². The van der Waals surface area contributed by atoms with E-state index >= 15 is 0 Å². The molecule has 0 atom stereocenters. The first-order chi connectivity index (χ1) is 31.7. The molecular weight excluding hydrogens is 777 g/mol. The van der Waals surface area contributed by atoms with Crippen LogP contribution >= 0.6 is 0 Å². The predicted octanol–water partition coefficient (Wildman–Crippen LogP) is 17.1. The van der Waals surface area contributed by atoms with Gasteiger partial charge < -0.3 is 9.32 Å². The summed E-state index contributed by atoms with van der Waals surface area (Å²) in [6.45, 7) is 0. The van der Waals surface area contributed by atoms with E-state index in [0.29, 0.717) is 5.89 Å². The van der Waals surface area contributed by atoms with Crippen molar-refractivity contribution in [3.63, 3.8) is 0 Å². The Hall–Kier alpha value is -8.53. The van der Waals surface area contributed by atoms with Gasteiger partial charge >= 0.3 is 0 Å². The van der Waals surface area contributed by atoms with Gasteiger partial charge in [0.15, 0.2) is 5.58 Å². The summed E-state index contributed by atoms with van der Waals surface area (Å²) in [6.07, 6.45) is 0. The summed E-state index contributed by atoms with van der Waals surface area (Å²) in [5, 5.41) is 7.24. The van der Waals surface area contributed by atoms with Crippen LogP contribution in [0.4, 0.5) is 17.1 Å². The highest BCUT2D eigenvalue weighted by Gasteiger charge is 2.17. The molecule has 3 heteroatoms. The first-order valence-corrected chi connectivity index (χ1v) is 21.8. The Morgan fingerprint density at radius 2 is 0.844 bits per heavy atom. The molecule has 0 spiro atoms. The van der Waals surface area contributed by atoms with Gasteiger partial charge in [-0.3, -0.25) is 0 Å². The molecule has 0 saturated heterocycles. The average molecular weight is 817 g/mol. The Bertz CT molecular complexity index is 3630. The Morgan fingerprint density at radius 3 is 1.58 bits per heavy atom. The van der Waals surface area contributed by atoms with E-state index in [4.69, 9.17) is 9.40 Å². The number of nitrogens with zero attached hydrogens (tertiary/aromatic N) is 2. The van der Waals surface area contributed by atoms with Crippen LogP contribution in [0.25, 0.3) is 99.4 Å². The normalized spacial score (nSPS) is 11.4. The lowest BCUT2D eigenvalue weighted by Gasteiger charge is -2.26. The van der Waals surface area contributed by atoms with Crippen molar-refractivity contribution in [1.29, 1.82) is 0 Å². The van der Waals surface area contributed by atoms with Crippen LogP contribution in [0.1, 0.15) is 0 Å². The number of rotatable bonds is 8. The van der Waals surface area contributed by atoms with Gasteiger partial charge in [0.25, 0.3) is 0 Å². The zero-order chi connectivity index (χ0) is 42.4. The summed E-state index contributed by atoms with van der Waals surface area (Å²) in [5.41, 5.74) is 15.2. The number of anilines is 3. The minimum Gasteiger partial charge on any atom is -0.435 e. The standard InChI is InChI=1S/C61H40N2O/c1-3-13-41(14-4-1)48-19-11-20-52(39-48)63(51-36-31-45(32-37-51)57-40-49-17-7-8-21-53(49)55-22-9-10-23-56(55)57)50-34-29-43(30-35-50)42-25-27-44(28-26-42)54-24-12-18-46-33-38-58-60(59(46)54)64-61(62-58)47-15-5-2-6-16-47/h1-40H. The lowest BCUT2D eigenvalue weighted by atomic mass is 9.93. The van der Waals surface area contributed by atoms with Crippen molar-refractivity contribution >= 4 is 60.5 Å². The molecule has 0 unspecified atom stereocenters. The summed E-state index contributed by atoms with van der Waals surface area (Å²) in [5.74, 6) is 0.630. The van der Waals surface area contributed by atoms with Crippen molar-refractivity contribution in [2.45, 2.75) is 0 Å². The Morgan fingerprint density at radius 1 is 0.312 bits per heavy atom. The van der Waals surface area contributed by atoms with Crippen molar-refractivity contribution < 1.29 is 4.42 Å². The highest BCUT2D eigenvalue weighted by molar-refractivity contribution is 6.14. The summed E-state index contributed by atoms with van der Waals surface area (Å²) < 4.78 is 6.49. The highest BCUT2D eigenvalue weighted by Crippen LogP contribution is 2.41. The average Bonchev–Trinajstić information content (AvgIpc) is 3.83. The summed E-state index contributed by atoms with van der Waals surface area (Å²) in [4.78, 5) is 7.22. The molecule has 300 valence electrons. The first-order valence-electron chi connectivity index (χ1n) is 21.8. The number of oxazole rings is 1. The van der Waals surface area contributed by atoms with Crippen LogP contribution in [0.3, 0.4) is 0 Å². The molecule has 11 aromatic carbocycles. The molecule has 0 amide bonds. The van der Waals surface area contributed by atoms with Gasteiger partial charge in [-0.25, -0.2) is 4.98 Å². The topological polar surface area (TPSA) is 29.3 Å². The molecule has 0 radical (unpaired) electrons. The van der Waals surface area contributed by atoms with Crippen LogP contribution in [0.15, 0.2) is 247 Å². The Balaban J connectivity index is 0.898. The van der Waals surface area contributed by atoms with Gasteiger partial charge in [-0.05, 0) is 132 Å². The van der Waals surface area contributed by atoms with Crippen LogP contribution in [-0.2, 0) is 0 Å². The fraction of sp³-hybridized carbons (Fsp3) is 0. The van der Waals surface area contributed by atoms with Gasteiger partial charge in [-0.1, -0.05) is 182 Å². The van der Waals surface area contributed by atoms with Gasteiger partial charge in [0.2, 0.25) is 5.89 Å². The van der Waals surface area contributed by atoms with E-state index < -0.39 is 0 Å². The summed E-state index contributed by atoms with van der Waals surface area (Å²) in [6, 6.07) is 86.7. The number of aromatic nitrogens is 1. The number of fused-ring (bicyclic) bond motifs is 6. The lowest BCUT2D eigenvalue weighted by molar-refractivity contribution is 0.623. The van der Waals surface area contributed by atoms with Crippen molar-refractivity contribution in [3.05, 3.63) is 243 Å². The van der Waals surface area contributed by atoms with Gasteiger partial charge in [0.05, 0.1) is 0 Å². The van der Waals surface area contributed by atoms with Crippen molar-refractivity contribution in [2.24, 2.45) is 0 Å². The van der Waals surface area contributed by atoms with Crippen molar-refractivity contribution in [3.8, 4) is 56.0 Å². The third-order valence-electron chi connectivity index (χ3n) is 12.5. The van der Waals surface area contributed by atoms with E-state index in [1.54, 1.807) is 0 Å². The summed E-state index contributed by atoms with van der Waals surface area (Å²) >= 11 is 0. The minimum atomic E-state index is 0.630. The zero-order valence-electron chi connectivity index (χ0n) is 34.9. The van der Waals surface area contributed by atoms with E-state index in [1.165, 1.54) is 43.8 Å². The molecule has 64 heavy (non-hydrogen) atoms. The summed E-state index contributed by atoms with van der Waals surface area (Å²) in [7, 11) is 0. The number of hydrogen-bond acceptors (Lipinski definition) is 3. The zero-order valence-corrected chi connectivity index (χ0v) is 34.9. The lowest BCUT2D eigenvalue weighted by Crippen LogP contribution is -2.10. The molecule has 12 rings (SSSR count). The molecule has 1 aromatic heterocycles. The third kappa shape index (κ3) is 6.68. The number of hydrogen-bond donors (Lipinski definition) is 0. The quantitative estimate of drug-likeness (QED) is 0.143. The van der Waals surface area contributed by atoms with E-state index in [-0.39, 0.29) is 0 Å². The molecular formula is C61H40N2O. The maximum absolute atomic E-state index is 6.49. The van der Waals surface area contributed by atoms with Gasteiger partial charge in [-0.2, -0.15) is 0 Å². The van der Waals surface area contributed by atoms with Gasteiger partial charge in [-0.15, -0.1) is 0 Å². The first kappa shape index (κ1) is 37.2. The molecule has 0 N–H and O–H groups in total. The molecule has 0 aliphatic carbocycles. The molecule has 3 nitrogen and oxygen atoms in total. The maximum atomic E-state index is 6.49. The Labute approximate surface area is 371 Å².